The predicted octanol–water partition coefficient (Wildman–Crippen LogP) is 4.11. The first kappa shape index (κ1) is 19.6. The minimum Gasteiger partial charge on any atom is -0.377 e. The van der Waals surface area contributed by atoms with Gasteiger partial charge >= 0.3 is 0 Å². The zero-order valence-corrected chi connectivity index (χ0v) is 17.0. The Morgan fingerprint density at radius 2 is 1.93 bits per heavy atom. The number of hydrogen-bond acceptors (Lipinski definition) is 5. The van der Waals surface area contributed by atoms with E-state index in [9.17, 15) is 18.5 Å². The molecule has 1 aliphatic heterocycles. The van der Waals surface area contributed by atoms with E-state index in [2.05, 4.69) is 22.2 Å². The predicted molar refractivity (Wildman–Crippen MR) is 111 cm³/mol. The fourth-order valence-corrected chi connectivity index (χ4v) is 5.63. The van der Waals surface area contributed by atoms with Crippen molar-refractivity contribution in [2.45, 2.75) is 43.2 Å². The molecule has 0 spiro atoms. The number of anilines is 1. The van der Waals surface area contributed by atoms with Crippen LogP contribution in [-0.2, 0) is 10.0 Å². The fraction of sp³-hybridized carbons (Fsp3) is 0.333. The third-order valence-corrected chi connectivity index (χ3v) is 7.16. The lowest BCUT2D eigenvalue weighted by molar-refractivity contribution is -0.385. The summed E-state index contributed by atoms with van der Waals surface area (Å²) < 4.78 is 27.8. The van der Waals surface area contributed by atoms with Gasteiger partial charge in [0.25, 0.3) is 5.69 Å². The maximum absolute atomic E-state index is 12.6. The number of nitro benzene ring substituents is 1. The van der Waals surface area contributed by atoms with Crippen LogP contribution < -0.4 is 10.0 Å². The van der Waals surface area contributed by atoms with Crippen LogP contribution in [0.2, 0.25) is 0 Å². The van der Waals surface area contributed by atoms with Gasteiger partial charge in [-0.3, -0.25) is 10.1 Å². The van der Waals surface area contributed by atoms with Gasteiger partial charge in [-0.25, -0.2) is 13.1 Å². The lowest BCUT2D eigenvalue weighted by atomic mass is 9.76. The van der Waals surface area contributed by atoms with Crippen LogP contribution in [0.4, 0.5) is 11.4 Å². The number of rotatable bonds is 5. The van der Waals surface area contributed by atoms with Gasteiger partial charge in [0.2, 0.25) is 10.0 Å². The molecular weight excluding hydrogens is 390 g/mol. The number of nitrogens with one attached hydrogen (secondary N) is 2. The molecule has 29 heavy (non-hydrogen) atoms. The summed E-state index contributed by atoms with van der Waals surface area (Å²) in [6.07, 6.45) is 4.93. The minimum atomic E-state index is -3.60. The van der Waals surface area contributed by atoms with E-state index in [-0.39, 0.29) is 39.4 Å². The van der Waals surface area contributed by atoms with Crippen molar-refractivity contribution in [1.82, 2.24) is 4.72 Å². The molecular formula is C21H23N3O4S. The van der Waals surface area contributed by atoms with Crippen molar-refractivity contribution in [1.29, 1.82) is 0 Å². The fourth-order valence-electron chi connectivity index (χ4n) is 4.34. The van der Waals surface area contributed by atoms with Crippen LogP contribution in [0.1, 0.15) is 43.4 Å². The molecule has 1 heterocycles. The number of nitro groups is 1. The summed E-state index contributed by atoms with van der Waals surface area (Å²) in [4.78, 5) is 11.4. The first-order valence-electron chi connectivity index (χ1n) is 9.60. The molecule has 7 nitrogen and oxygen atoms in total. The molecule has 0 aromatic heterocycles. The van der Waals surface area contributed by atoms with E-state index < -0.39 is 10.0 Å². The Kier molecular flexibility index (Phi) is 4.92. The Labute approximate surface area is 170 Å². The molecule has 2 aliphatic rings. The van der Waals surface area contributed by atoms with Crippen LogP contribution in [0.15, 0.2) is 59.5 Å². The van der Waals surface area contributed by atoms with Crippen molar-refractivity contribution in [3.05, 3.63) is 75.9 Å². The molecule has 0 radical (unpaired) electrons. The van der Waals surface area contributed by atoms with Gasteiger partial charge in [0.1, 0.15) is 0 Å². The lowest BCUT2D eigenvalue weighted by Gasteiger charge is -2.37. The van der Waals surface area contributed by atoms with E-state index >= 15 is 0 Å². The van der Waals surface area contributed by atoms with Crippen LogP contribution in [-0.4, -0.2) is 19.4 Å². The van der Waals surface area contributed by atoms with Crippen molar-refractivity contribution in [2.24, 2.45) is 5.92 Å². The molecule has 3 atom stereocenters. The van der Waals surface area contributed by atoms with Gasteiger partial charge in [-0.1, -0.05) is 30.4 Å². The lowest BCUT2D eigenvalue weighted by Crippen LogP contribution is -2.32. The van der Waals surface area contributed by atoms with E-state index in [1.54, 1.807) is 44.2 Å². The number of allylic oxidation sites excluding steroid dienone is 2. The van der Waals surface area contributed by atoms with Crippen molar-refractivity contribution in [2.75, 3.05) is 5.32 Å². The Hall–Kier alpha value is -2.71. The topological polar surface area (TPSA) is 101 Å². The van der Waals surface area contributed by atoms with Crippen LogP contribution in [0.3, 0.4) is 0 Å². The second-order valence-electron chi connectivity index (χ2n) is 7.82. The Morgan fingerprint density at radius 3 is 2.66 bits per heavy atom. The SMILES string of the molecule is CC(C)NS(=O)(=O)c1ccc2c(c1)C1C=CCC1C(c1ccccc1[N+](=O)[O-])N2. The summed E-state index contributed by atoms with van der Waals surface area (Å²) in [7, 11) is -3.60. The van der Waals surface area contributed by atoms with Crippen LogP contribution in [0.25, 0.3) is 0 Å². The highest BCUT2D eigenvalue weighted by Crippen LogP contribution is 2.51. The molecule has 0 saturated heterocycles. The highest BCUT2D eigenvalue weighted by atomic mass is 32.2. The van der Waals surface area contributed by atoms with Crippen molar-refractivity contribution in [3.63, 3.8) is 0 Å². The summed E-state index contributed by atoms with van der Waals surface area (Å²) in [5.41, 5.74) is 2.47. The van der Waals surface area contributed by atoms with E-state index in [1.807, 2.05) is 6.07 Å². The van der Waals surface area contributed by atoms with E-state index in [0.29, 0.717) is 5.56 Å². The van der Waals surface area contributed by atoms with E-state index in [4.69, 9.17) is 0 Å². The number of nitrogens with zero attached hydrogens (tertiary/aromatic N) is 1. The maximum Gasteiger partial charge on any atom is 0.274 e. The highest BCUT2D eigenvalue weighted by Gasteiger charge is 2.40. The first-order valence-corrected chi connectivity index (χ1v) is 11.1. The molecule has 0 amide bonds. The van der Waals surface area contributed by atoms with E-state index in [0.717, 1.165) is 17.7 Å². The van der Waals surface area contributed by atoms with Crippen LogP contribution in [0.5, 0.6) is 0 Å². The number of sulfonamides is 1. The largest absolute Gasteiger partial charge is 0.377 e. The number of hydrogen-bond donors (Lipinski definition) is 2. The molecule has 1 aliphatic carbocycles. The van der Waals surface area contributed by atoms with Gasteiger partial charge in [0, 0.05) is 23.7 Å². The van der Waals surface area contributed by atoms with Crippen molar-refractivity contribution in [3.8, 4) is 0 Å². The zero-order chi connectivity index (χ0) is 20.8. The normalized spacial score (nSPS) is 22.8. The summed E-state index contributed by atoms with van der Waals surface area (Å²) >= 11 is 0. The molecule has 4 rings (SSSR count). The highest BCUT2D eigenvalue weighted by molar-refractivity contribution is 7.89. The third-order valence-electron chi connectivity index (χ3n) is 5.50. The molecule has 2 aromatic carbocycles. The summed E-state index contributed by atoms with van der Waals surface area (Å²) in [5.74, 6) is 0.0878. The molecule has 0 fully saturated rings. The van der Waals surface area contributed by atoms with Crippen molar-refractivity contribution < 1.29 is 13.3 Å². The minimum absolute atomic E-state index is 0.00487. The van der Waals surface area contributed by atoms with Crippen LogP contribution in [0, 0.1) is 16.0 Å². The second kappa shape index (κ2) is 7.27. The molecule has 0 bridgehead atoms. The van der Waals surface area contributed by atoms with Crippen LogP contribution >= 0.6 is 0 Å². The monoisotopic (exact) mass is 413 g/mol. The molecule has 152 valence electrons. The zero-order valence-electron chi connectivity index (χ0n) is 16.2. The van der Waals surface area contributed by atoms with Crippen molar-refractivity contribution >= 4 is 21.4 Å². The van der Waals surface area contributed by atoms with Gasteiger partial charge in [-0.05, 0) is 49.9 Å². The Morgan fingerprint density at radius 1 is 1.17 bits per heavy atom. The quantitative estimate of drug-likeness (QED) is 0.436. The van der Waals surface area contributed by atoms with Gasteiger partial charge in [-0.15, -0.1) is 0 Å². The molecule has 2 aromatic rings. The second-order valence-corrected chi connectivity index (χ2v) is 9.53. The average molecular weight is 413 g/mol. The molecule has 3 unspecified atom stereocenters. The van der Waals surface area contributed by atoms with Gasteiger partial charge in [0.05, 0.1) is 21.4 Å². The summed E-state index contributed by atoms with van der Waals surface area (Å²) in [6.45, 7) is 3.56. The van der Waals surface area contributed by atoms with E-state index in [1.165, 1.54) is 6.07 Å². The first-order chi connectivity index (χ1) is 13.8. The van der Waals surface area contributed by atoms with Gasteiger partial charge in [0.15, 0.2) is 0 Å². The molecule has 2 N–H and O–H groups in total. The number of fused-ring (bicyclic) bond motifs is 3. The summed E-state index contributed by atoms with van der Waals surface area (Å²) in [6, 6.07) is 11.4. The Bertz CT molecular complexity index is 1090. The standard InChI is InChI=1S/C21H23N3O4S/c1-13(2)23-29(27,28)14-10-11-19-18(12-14)15-7-5-8-16(15)21(22-19)17-6-3-4-9-20(17)24(25)26/h3-7,9-13,15-16,21-23H,8H2,1-2H3. The number of benzene rings is 2. The molecule has 8 heteroatoms. The maximum atomic E-state index is 12.6. The average Bonchev–Trinajstić information content (AvgIpc) is 3.16. The smallest absolute Gasteiger partial charge is 0.274 e. The summed E-state index contributed by atoms with van der Waals surface area (Å²) in [5, 5.41) is 15.0. The third kappa shape index (κ3) is 3.54. The Balaban J connectivity index is 1.77. The molecule has 0 saturated carbocycles. The number of para-hydroxylation sites is 1. The van der Waals surface area contributed by atoms with Gasteiger partial charge in [-0.2, -0.15) is 0 Å². The van der Waals surface area contributed by atoms with Gasteiger partial charge < -0.3 is 5.32 Å².